The van der Waals surface area contributed by atoms with Crippen LogP contribution in [-0.4, -0.2) is 22.0 Å². The van der Waals surface area contributed by atoms with Crippen LogP contribution in [0, 0.1) is 0 Å². The SMILES string of the molecule is CCC(=O)c1ccc2c(ccn2C(=O)OC(C)(C)C)c1. The molecule has 0 radical (unpaired) electrons. The lowest BCUT2D eigenvalue weighted by Gasteiger charge is -2.19. The van der Waals surface area contributed by atoms with Gasteiger partial charge in [-0.3, -0.25) is 9.36 Å². The molecule has 0 fully saturated rings. The number of hydrogen-bond donors (Lipinski definition) is 0. The van der Waals surface area contributed by atoms with Crippen molar-refractivity contribution < 1.29 is 14.3 Å². The summed E-state index contributed by atoms with van der Waals surface area (Å²) in [5.74, 6) is 0.0944. The summed E-state index contributed by atoms with van der Waals surface area (Å²) in [7, 11) is 0. The summed E-state index contributed by atoms with van der Waals surface area (Å²) in [6.07, 6.45) is 1.72. The fourth-order valence-electron chi connectivity index (χ4n) is 1.99. The van der Waals surface area contributed by atoms with Crippen molar-refractivity contribution in [1.82, 2.24) is 4.57 Å². The van der Waals surface area contributed by atoms with Crippen molar-refractivity contribution in [2.45, 2.75) is 39.7 Å². The van der Waals surface area contributed by atoms with E-state index in [4.69, 9.17) is 4.74 Å². The number of nitrogens with zero attached hydrogens (tertiary/aromatic N) is 1. The van der Waals surface area contributed by atoms with Crippen LogP contribution in [0.4, 0.5) is 4.79 Å². The van der Waals surface area contributed by atoms with Gasteiger partial charge in [0.1, 0.15) is 5.60 Å². The number of rotatable bonds is 2. The Morgan fingerprint density at radius 3 is 2.50 bits per heavy atom. The number of ketones is 1. The van der Waals surface area contributed by atoms with Crippen molar-refractivity contribution in [3.63, 3.8) is 0 Å². The van der Waals surface area contributed by atoms with Gasteiger partial charge in [0.05, 0.1) is 5.52 Å². The standard InChI is InChI=1S/C16H19NO3/c1-5-14(18)12-6-7-13-11(10-12)8-9-17(13)15(19)20-16(2,3)4/h6-10H,5H2,1-4H3. The molecule has 0 saturated heterocycles. The van der Waals surface area contributed by atoms with E-state index in [1.54, 1.807) is 18.3 Å². The van der Waals surface area contributed by atoms with E-state index in [2.05, 4.69) is 0 Å². The maximum Gasteiger partial charge on any atom is 0.418 e. The van der Waals surface area contributed by atoms with Gasteiger partial charge in [0.15, 0.2) is 5.78 Å². The Balaban J connectivity index is 2.38. The van der Waals surface area contributed by atoms with Gasteiger partial charge >= 0.3 is 6.09 Å². The van der Waals surface area contributed by atoms with Crippen LogP contribution in [0.3, 0.4) is 0 Å². The van der Waals surface area contributed by atoms with Crippen LogP contribution >= 0.6 is 0 Å². The van der Waals surface area contributed by atoms with Crippen LogP contribution in [0.1, 0.15) is 44.5 Å². The molecule has 0 spiro atoms. The van der Waals surface area contributed by atoms with Crippen LogP contribution in [0.2, 0.25) is 0 Å². The minimum absolute atomic E-state index is 0.0944. The quantitative estimate of drug-likeness (QED) is 0.776. The second-order valence-electron chi connectivity index (χ2n) is 5.72. The van der Waals surface area contributed by atoms with Crippen molar-refractivity contribution in [2.24, 2.45) is 0 Å². The van der Waals surface area contributed by atoms with Crippen LogP contribution in [0.5, 0.6) is 0 Å². The molecule has 20 heavy (non-hydrogen) atoms. The minimum Gasteiger partial charge on any atom is -0.443 e. The van der Waals surface area contributed by atoms with Gasteiger partial charge in [0.25, 0.3) is 0 Å². The third kappa shape index (κ3) is 2.90. The van der Waals surface area contributed by atoms with Crippen LogP contribution in [0.25, 0.3) is 10.9 Å². The fourth-order valence-corrected chi connectivity index (χ4v) is 1.99. The van der Waals surface area contributed by atoms with Crippen molar-refractivity contribution in [2.75, 3.05) is 0 Å². The number of aromatic nitrogens is 1. The Hall–Kier alpha value is -2.10. The smallest absolute Gasteiger partial charge is 0.418 e. The van der Waals surface area contributed by atoms with E-state index < -0.39 is 11.7 Å². The molecule has 1 aromatic heterocycles. The molecule has 4 heteroatoms. The summed E-state index contributed by atoms with van der Waals surface area (Å²) in [4.78, 5) is 23.8. The largest absolute Gasteiger partial charge is 0.443 e. The van der Waals surface area contributed by atoms with E-state index in [9.17, 15) is 9.59 Å². The molecule has 2 aromatic rings. The highest BCUT2D eigenvalue weighted by atomic mass is 16.6. The maximum absolute atomic E-state index is 12.1. The number of ether oxygens (including phenoxy) is 1. The Labute approximate surface area is 118 Å². The number of hydrogen-bond acceptors (Lipinski definition) is 3. The molecule has 2 rings (SSSR count). The van der Waals surface area contributed by atoms with Crippen molar-refractivity contribution in [1.29, 1.82) is 0 Å². The molecule has 106 valence electrons. The van der Waals surface area contributed by atoms with E-state index in [0.29, 0.717) is 12.0 Å². The third-order valence-corrected chi connectivity index (χ3v) is 2.92. The first-order chi connectivity index (χ1) is 9.31. The Bertz CT molecular complexity index is 662. The zero-order valence-electron chi connectivity index (χ0n) is 12.3. The molecule has 0 aliphatic heterocycles. The molecule has 0 bridgehead atoms. The molecule has 0 saturated carbocycles. The molecule has 0 unspecified atom stereocenters. The van der Waals surface area contributed by atoms with Crippen molar-refractivity contribution in [3.8, 4) is 0 Å². The van der Waals surface area contributed by atoms with Gasteiger partial charge in [-0.15, -0.1) is 0 Å². The zero-order chi connectivity index (χ0) is 14.9. The normalized spacial score (nSPS) is 11.6. The van der Waals surface area contributed by atoms with E-state index >= 15 is 0 Å². The first kappa shape index (κ1) is 14.3. The van der Waals surface area contributed by atoms with Gasteiger partial charge in [-0.1, -0.05) is 6.92 Å². The molecular weight excluding hydrogens is 254 g/mol. The molecular formula is C16H19NO3. The fraction of sp³-hybridized carbons (Fsp3) is 0.375. The molecule has 4 nitrogen and oxygen atoms in total. The van der Waals surface area contributed by atoms with E-state index in [0.717, 1.165) is 10.9 Å². The first-order valence-electron chi connectivity index (χ1n) is 6.69. The highest BCUT2D eigenvalue weighted by Gasteiger charge is 2.19. The molecule has 0 amide bonds. The van der Waals surface area contributed by atoms with Gasteiger partial charge in [0, 0.05) is 23.6 Å². The summed E-state index contributed by atoms with van der Waals surface area (Å²) in [5, 5.41) is 0.857. The van der Waals surface area contributed by atoms with Gasteiger partial charge in [-0.05, 0) is 45.0 Å². The zero-order valence-corrected chi connectivity index (χ0v) is 12.3. The summed E-state index contributed by atoms with van der Waals surface area (Å²) >= 11 is 0. The molecule has 0 aliphatic rings. The first-order valence-corrected chi connectivity index (χ1v) is 6.69. The summed E-state index contributed by atoms with van der Waals surface area (Å²) < 4.78 is 6.81. The number of benzene rings is 1. The van der Waals surface area contributed by atoms with Crippen LogP contribution in [-0.2, 0) is 4.74 Å². The topological polar surface area (TPSA) is 48.3 Å². The van der Waals surface area contributed by atoms with Gasteiger partial charge in [0.2, 0.25) is 0 Å². The van der Waals surface area contributed by atoms with Crippen molar-refractivity contribution >= 4 is 22.8 Å². The lowest BCUT2D eigenvalue weighted by atomic mass is 10.1. The van der Waals surface area contributed by atoms with E-state index in [1.165, 1.54) is 4.57 Å². The van der Waals surface area contributed by atoms with Crippen molar-refractivity contribution in [3.05, 3.63) is 36.0 Å². The predicted octanol–water partition coefficient (Wildman–Crippen LogP) is 4.02. The average Bonchev–Trinajstić information content (AvgIpc) is 2.78. The number of Topliss-reactive ketones (excluding diaryl/α,β-unsaturated/α-hetero) is 1. The Morgan fingerprint density at radius 1 is 1.20 bits per heavy atom. The molecule has 0 N–H and O–H groups in total. The second kappa shape index (κ2) is 5.12. The summed E-state index contributed by atoms with van der Waals surface area (Å²) in [5.41, 5.74) is 0.875. The lowest BCUT2D eigenvalue weighted by molar-refractivity contribution is 0.0544. The number of fused-ring (bicyclic) bond motifs is 1. The van der Waals surface area contributed by atoms with Gasteiger partial charge in [-0.25, -0.2) is 4.79 Å². The van der Waals surface area contributed by atoms with E-state index in [-0.39, 0.29) is 5.78 Å². The number of carbonyl (C=O) groups is 2. The molecule has 0 aliphatic carbocycles. The minimum atomic E-state index is -0.536. The average molecular weight is 273 g/mol. The third-order valence-electron chi connectivity index (χ3n) is 2.92. The highest BCUT2D eigenvalue weighted by Crippen LogP contribution is 2.20. The maximum atomic E-state index is 12.1. The lowest BCUT2D eigenvalue weighted by Crippen LogP contribution is -2.26. The summed E-state index contributed by atoms with van der Waals surface area (Å²) in [6.45, 7) is 7.32. The van der Waals surface area contributed by atoms with Crippen LogP contribution < -0.4 is 0 Å². The van der Waals surface area contributed by atoms with Crippen LogP contribution in [0.15, 0.2) is 30.5 Å². The van der Waals surface area contributed by atoms with Gasteiger partial charge < -0.3 is 4.74 Å². The Kier molecular flexibility index (Phi) is 3.66. The second-order valence-corrected chi connectivity index (χ2v) is 5.72. The molecule has 1 heterocycles. The number of carbonyl (C=O) groups excluding carboxylic acids is 2. The predicted molar refractivity (Wildman–Crippen MR) is 78.2 cm³/mol. The van der Waals surface area contributed by atoms with E-state index in [1.807, 2.05) is 39.8 Å². The molecule has 1 aromatic carbocycles. The monoisotopic (exact) mass is 273 g/mol. The summed E-state index contributed by atoms with van der Waals surface area (Å²) in [6, 6.07) is 7.14. The highest BCUT2D eigenvalue weighted by molar-refractivity contribution is 6.00. The van der Waals surface area contributed by atoms with Gasteiger partial charge in [-0.2, -0.15) is 0 Å². The Morgan fingerprint density at radius 2 is 1.90 bits per heavy atom. The molecule has 0 atom stereocenters.